The molecule has 1 N–H and O–H groups in total. The maximum atomic E-state index is 5.99. The summed E-state index contributed by atoms with van der Waals surface area (Å²) < 4.78 is 5.70. The molecular weight excluding hydrogens is 334 g/mol. The van der Waals surface area contributed by atoms with Gasteiger partial charge in [-0.3, -0.25) is 9.89 Å². The third-order valence-electron chi connectivity index (χ3n) is 3.81. The minimum Gasteiger partial charge on any atom is -0.364 e. The van der Waals surface area contributed by atoms with Gasteiger partial charge in [0.15, 0.2) is 5.96 Å². The van der Waals surface area contributed by atoms with Crippen molar-refractivity contribution >= 4 is 28.9 Å². The first-order valence-electron chi connectivity index (χ1n) is 7.56. The Morgan fingerprint density at radius 1 is 1.35 bits per heavy atom. The lowest BCUT2D eigenvalue weighted by Gasteiger charge is -2.36. The van der Waals surface area contributed by atoms with Crippen molar-refractivity contribution in [3.63, 3.8) is 0 Å². The number of aromatic nitrogens is 1. The highest BCUT2D eigenvalue weighted by atomic mass is 35.5. The summed E-state index contributed by atoms with van der Waals surface area (Å²) in [5.74, 6) is 0.909. The fourth-order valence-electron chi connectivity index (χ4n) is 2.61. The van der Waals surface area contributed by atoms with Crippen LogP contribution in [0, 0.1) is 0 Å². The van der Waals surface area contributed by atoms with Crippen LogP contribution in [0.25, 0.3) is 0 Å². The van der Waals surface area contributed by atoms with E-state index in [0.29, 0.717) is 6.54 Å². The topological polar surface area (TPSA) is 56.9 Å². The van der Waals surface area contributed by atoms with E-state index in [-0.39, 0.29) is 0 Å². The van der Waals surface area contributed by atoms with Gasteiger partial charge in [0.2, 0.25) is 0 Å². The van der Waals surface area contributed by atoms with Gasteiger partial charge in [-0.1, -0.05) is 16.8 Å². The van der Waals surface area contributed by atoms with Crippen LogP contribution in [0.15, 0.2) is 34.0 Å². The molecule has 1 aliphatic rings. The normalized spacial score (nSPS) is 16.8. The number of guanidine groups is 1. The van der Waals surface area contributed by atoms with Crippen molar-refractivity contribution in [2.24, 2.45) is 4.99 Å². The van der Waals surface area contributed by atoms with E-state index in [2.05, 4.69) is 31.3 Å². The van der Waals surface area contributed by atoms with E-state index in [9.17, 15) is 0 Å². The average molecular weight is 354 g/mol. The summed E-state index contributed by atoms with van der Waals surface area (Å²) >= 11 is 7.65. The summed E-state index contributed by atoms with van der Waals surface area (Å²) in [7, 11) is 1.81. The summed E-state index contributed by atoms with van der Waals surface area (Å²) in [6.45, 7) is 5.53. The zero-order chi connectivity index (χ0) is 16.1. The lowest BCUT2D eigenvalue weighted by Crippen LogP contribution is -2.52. The number of piperazine rings is 1. The number of hydrogen-bond donors (Lipinski definition) is 1. The molecular formula is C15H20ClN5OS. The van der Waals surface area contributed by atoms with Crippen LogP contribution in [0.3, 0.4) is 0 Å². The second kappa shape index (κ2) is 7.81. The highest BCUT2D eigenvalue weighted by Crippen LogP contribution is 2.23. The molecule has 0 aliphatic carbocycles. The monoisotopic (exact) mass is 353 g/mol. The Labute approximate surface area is 144 Å². The Bertz CT molecular complexity index is 634. The van der Waals surface area contributed by atoms with E-state index in [1.807, 2.05) is 19.2 Å². The summed E-state index contributed by atoms with van der Waals surface area (Å²) in [6, 6.07) is 5.93. The first-order chi connectivity index (χ1) is 11.2. The molecule has 23 heavy (non-hydrogen) atoms. The van der Waals surface area contributed by atoms with Gasteiger partial charge in [-0.2, -0.15) is 0 Å². The zero-order valence-corrected chi connectivity index (χ0v) is 14.6. The molecule has 0 aromatic carbocycles. The van der Waals surface area contributed by atoms with Gasteiger partial charge in [0.25, 0.3) is 0 Å². The Hall–Kier alpha value is -1.57. The van der Waals surface area contributed by atoms with Crippen molar-refractivity contribution in [2.45, 2.75) is 13.1 Å². The van der Waals surface area contributed by atoms with E-state index in [4.69, 9.17) is 16.1 Å². The Morgan fingerprint density at radius 3 is 2.78 bits per heavy atom. The van der Waals surface area contributed by atoms with Crippen LogP contribution in [0.2, 0.25) is 4.34 Å². The van der Waals surface area contributed by atoms with Gasteiger partial charge < -0.3 is 14.7 Å². The van der Waals surface area contributed by atoms with Crippen molar-refractivity contribution in [2.75, 3.05) is 33.2 Å². The van der Waals surface area contributed by atoms with Crippen molar-refractivity contribution in [1.29, 1.82) is 0 Å². The van der Waals surface area contributed by atoms with Gasteiger partial charge in [-0.05, 0) is 12.1 Å². The van der Waals surface area contributed by atoms with E-state index < -0.39 is 0 Å². The third kappa shape index (κ3) is 4.46. The quantitative estimate of drug-likeness (QED) is 0.675. The molecule has 0 saturated carbocycles. The molecule has 6 nitrogen and oxygen atoms in total. The predicted molar refractivity (Wildman–Crippen MR) is 92.9 cm³/mol. The van der Waals surface area contributed by atoms with Crippen molar-refractivity contribution in [3.05, 3.63) is 39.4 Å². The van der Waals surface area contributed by atoms with Crippen LogP contribution in [0.1, 0.15) is 10.6 Å². The third-order valence-corrected chi connectivity index (χ3v) is 5.03. The minimum absolute atomic E-state index is 0.622. The van der Waals surface area contributed by atoms with Crippen LogP contribution >= 0.6 is 22.9 Å². The van der Waals surface area contributed by atoms with Crippen molar-refractivity contribution in [3.8, 4) is 0 Å². The zero-order valence-electron chi connectivity index (χ0n) is 13.0. The molecule has 2 aromatic rings. The van der Waals surface area contributed by atoms with Crippen LogP contribution in [0.4, 0.5) is 0 Å². The second-order valence-electron chi connectivity index (χ2n) is 5.36. The Balaban J connectivity index is 1.47. The molecule has 0 amide bonds. The number of halogens is 1. The highest BCUT2D eigenvalue weighted by Gasteiger charge is 2.20. The average Bonchev–Trinajstić information content (AvgIpc) is 3.21. The van der Waals surface area contributed by atoms with Crippen LogP contribution in [0.5, 0.6) is 0 Å². The fraction of sp³-hybridized carbons (Fsp3) is 0.467. The number of rotatable bonds is 4. The Morgan fingerprint density at radius 2 is 2.17 bits per heavy atom. The molecule has 8 heteroatoms. The van der Waals surface area contributed by atoms with Gasteiger partial charge in [0.1, 0.15) is 12.0 Å². The van der Waals surface area contributed by atoms with Crippen molar-refractivity contribution in [1.82, 2.24) is 20.3 Å². The molecule has 1 saturated heterocycles. The molecule has 1 fully saturated rings. The maximum Gasteiger partial charge on any atom is 0.194 e. The molecule has 0 radical (unpaired) electrons. The number of thiophene rings is 1. The largest absolute Gasteiger partial charge is 0.364 e. The predicted octanol–water partition coefficient (Wildman–Crippen LogP) is 2.28. The lowest BCUT2D eigenvalue weighted by molar-refractivity contribution is 0.173. The first kappa shape index (κ1) is 16.3. The molecule has 2 aromatic heterocycles. The number of hydrogen-bond acceptors (Lipinski definition) is 5. The van der Waals surface area contributed by atoms with Gasteiger partial charge in [0, 0.05) is 50.7 Å². The molecule has 0 bridgehead atoms. The van der Waals surface area contributed by atoms with Gasteiger partial charge in [-0.15, -0.1) is 11.3 Å². The lowest BCUT2D eigenvalue weighted by atomic mass is 10.3. The molecule has 124 valence electrons. The number of nitrogens with one attached hydrogen (secondary N) is 1. The second-order valence-corrected chi connectivity index (χ2v) is 7.16. The van der Waals surface area contributed by atoms with Gasteiger partial charge >= 0.3 is 0 Å². The van der Waals surface area contributed by atoms with Crippen LogP contribution in [-0.2, 0) is 13.1 Å². The van der Waals surface area contributed by atoms with E-state index in [1.165, 1.54) is 4.88 Å². The maximum absolute atomic E-state index is 5.99. The summed E-state index contributed by atoms with van der Waals surface area (Å²) in [4.78, 5) is 10.4. The Kier molecular flexibility index (Phi) is 5.53. The molecule has 0 atom stereocenters. The summed E-state index contributed by atoms with van der Waals surface area (Å²) in [6.07, 6.45) is 1.58. The highest BCUT2D eigenvalue weighted by molar-refractivity contribution is 7.16. The molecule has 0 unspecified atom stereocenters. The van der Waals surface area contributed by atoms with Crippen molar-refractivity contribution < 1.29 is 4.52 Å². The smallest absolute Gasteiger partial charge is 0.194 e. The van der Waals surface area contributed by atoms with Crippen LogP contribution < -0.4 is 5.32 Å². The molecule has 3 rings (SSSR count). The standard InChI is InChI=1S/C15H20ClN5OS/c1-17-15(18-10-12-4-9-22-19-12)21-7-5-20(6-8-21)11-13-2-3-14(16)23-13/h2-4,9H,5-8,10-11H2,1H3,(H,17,18). The number of aliphatic imine (C=N–C) groups is 1. The summed E-state index contributed by atoms with van der Waals surface area (Å²) in [5, 5.41) is 7.23. The molecule has 1 aliphatic heterocycles. The number of nitrogens with zero attached hydrogens (tertiary/aromatic N) is 4. The SMILES string of the molecule is CN=C(NCc1ccon1)N1CCN(Cc2ccc(Cl)s2)CC1. The molecule has 0 spiro atoms. The van der Waals surface area contributed by atoms with E-state index in [0.717, 1.165) is 48.7 Å². The summed E-state index contributed by atoms with van der Waals surface area (Å²) in [5.41, 5.74) is 0.874. The fourth-order valence-corrected chi connectivity index (χ4v) is 3.74. The molecule has 3 heterocycles. The van der Waals surface area contributed by atoms with Crippen LogP contribution in [-0.4, -0.2) is 54.1 Å². The van der Waals surface area contributed by atoms with Gasteiger partial charge in [-0.25, -0.2) is 0 Å². The van der Waals surface area contributed by atoms with Gasteiger partial charge in [0.05, 0.1) is 10.9 Å². The first-order valence-corrected chi connectivity index (χ1v) is 8.75. The van der Waals surface area contributed by atoms with E-state index in [1.54, 1.807) is 17.6 Å². The van der Waals surface area contributed by atoms with E-state index >= 15 is 0 Å². The minimum atomic E-state index is 0.622.